The topological polar surface area (TPSA) is 42.0 Å². The molecular formula is C11H7Cl3N2OS. The van der Waals surface area contributed by atoms with Crippen molar-refractivity contribution in [2.75, 3.05) is 5.32 Å². The van der Waals surface area contributed by atoms with Gasteiger partial charge >= 0.3 is 0 Å². The van der Waals surface area contributed by atoms with Crippen LogP contribution in [0.3, 0.4) is 0 Å². The first-order valence-corrected chi connectivity index (χ1v) is 6.80. The van der Waals surface area contributed by atoms with Crippen molar-refractivity contribution in [3.05, 3.63) is 43.3 Å². The van der Waals surface area contributed by atoms with E-state index in [2.05, 4.69) is 10.3 Å². The Hall–Kier alpha value is -0.810. The largest absolute Gasteiger partial charge is 0.320 e. The Morgan fingerprint density at radius 3 is 2.61 bits per heavy atom. The molecule has 0 unspecified atom stereocenters. The summed E-state index contributed by atoms with van der Waals surface area (Å²) >= 11 is 18.6. The van der Waals surface area contributed by atoms with Gasteiger partial charge < -0.3 is 5.32 Å². The summed E-state index contributed by atoms with van der Waals surface area (Å²) in [4.78, 5) is 15.9. The van der Waals surface area contributed by atoms with Crippen LogP contribution in [0.1, 0.15) is 15.9 Å². The van der Waals surface area contributed by atoms with E-state index >= 15 is 0 Å². The summed E-state index contributed by atoms with van der Waals surface area (Å²) in [5.41, 5.74) is 1.75. The molecular weight excluding hydrogens is 315 g/mol. The van der Waals surface area contributed by atoms with Crippen LogP contribution in [0.15, 0.2) is 18.3 Å². The highest BCUT2D eigenvalue weighted by Crippen LogP contribution is 2.31. The Labute approximate surface area is 123 Å². The first-order chi connectivity index (χ1) is 8.47. The number of pyridine rings is 1. The molecule has 0 aromatic carbocycles. The number of nitrogens with zero attached hydrogens (tertiary/aromatic N) is 1. The predicted molar refractivity (Wildman–Crippen MR) is 76.3 cm³/mol. The average molecular weight is 322 g/mol. The quantitative estimate of drug-likeness (QED) is 0.817. The lowest BCUT2D eigenvalue weighted by atomic mass is 10.2. The summed E-state index contributed by atoms with van der Waals surface area (Å²) in [7, 11) is 0. The molecule has 0 radical (unpaired) electrons. The van der Waals surface area contributed by atoms with E-state index in [-0.39, 0.29) is 5.91 Å². The van der Waals surface area contributed by atoms with Crippen molar-refractivity contribution in [3.8, 4) is 0 Å². The summed E-state index contributed by atoms with van der Waals surface area (Å²) in [5, 5.41) is 3.09. The summed E-state index contributed by atoms with van der Waals surface area (Å²) in [6, 6.07) is 3.20. The zero-order valence-electron chi connectivity index (χ0n) is 9.13. The van der Waals surface area contributed by atoms with Gasteiger partial charge in [0.25, 0.3) is 5.91 Å². The second-order valence-electron chi connectivity index (χ2n) is 3.51. The van der Waals surface area contributed by atoms with Crippen molar-refractivity contribution >= 4 is 57.7 Å². The van der Waals surface area contributed by atoms with Crippen molar-refractivity contribution in [1.82, 2.24) is 4.98 Å². The van der Waals surface area contributed by atoms with E-state index in [0.717, 1.165) is 16.9 Å². The molecule has 0 aliphatic carbocycles. The maximum absolute atomic E-state index is 12.0. The summed E-state index contributed by atoms with van der Waals surface area (Å²) in [6.45, 7) is 1.82. The van der Waals surface area contributed by atoms with Gasteiger partial charge in [-0.15, -0.1) is 11.3 Å². The van der Waals surface area contributed by atoms with Crippen LogP contribution in [0.2, 0.25) is 13.8 Å². The van der Waals surface area contributed by atoms with Gasteiger partial charge in [0.15, 0.2) is 0 Å². The van der Waals surface area contributed by atoms with Crippen molar-refractivity contribution < 1.29 is 4.79 Å². The van der Waals surface area contributed by atoms with Crippen LogP contribution in [0, 0.1) is 6.92 Å². The Morgan fingerprint density at radius 2 is 2.06 bits per heavy atom. The fourth-order valence-corrected chi connectivity index (χ4v) is 3.01. The van der Waals surface area contributed by atoms with Crippen LogP contribution in [-0.2, 0) is 0 Å². The van der Waals surface area contributed by atoms with Crippen LogP contribution >= 0.6 is 46.1 Å². The molecule has 1 amide bonds. The highest BCUT2D eigenvalue weighted by Gasteiger charge is 2.15. The van der Waals surface area contributed by atoms with E-state index in [1.807, 2.05) is 6.92 Å². The summed E-state index contributed by atoms with van der Waals surface area (Å²) in [6.07, 6.45) is 1.50. The van der Waals surface area contributed by atoms with E-state index in [1.165, 1.54) is 12.3 Å². The van der Waals surface area contributed by atoms with Crippen LogP contribution in [0.5, 0.6) is 0 Å². The number of hydrogen-bond donors (Lipinski definition) is 1. The molecule has 0 aliphatic heterocycles. The average Bonchev–Trinajstić information content (AvgIpc) is 2.62. The molecule has 0 bridgehead atoms. The summed E-state index contributed by atoms with van der Waals surface area (Å²) in [5.74, 6) is -0.324. The van der Waals surface area contributed by atoms with E-state index in [0.29, 0.717) is 25.1 Å². The van der Waals surface area contributed by atoms with Crippen LogP contribution in [-0.4, -0.2) is 10.9 Å². The van der Waals surface area contributed by atoms with Gasteiger partial charge in [0, 0.05) is 0 Å². The maximum Gasteiger partial charge on any atom is 0.258 e. The number of aryl methyl sites for hydroxylation is 1. The Kier molecular flexibility index (Phi) is 4.12. The predicted octanol–water partition coefficient (Wildman–Crippen LogP) is 4.66. The van der Waals surface area contributed by atoms with E-state index in [1.54, 1.807) is 6.07 Å². The smallest absolute Gasteiger partial charge is 0.258 e. The Balaban J connectivity index is 2.24. The standard InChI is InChI=1S/C11H7Cl3N2OS/c1-5-2-8(12)15-4-7(5)16-11(17)6-3-9(13)18-10(6)14/h2-4H,1H3,(H,16,17). The van der Waals surface area contributed by atoms with Gasteiger partial charge in [0.2, 0.25) is 0 Å². The second-order valence-corrected chi connectivity index (χ2v) is 6.19. The minimum Gasteiger partial charge on any atom is -0.320 e. The van der Waals surface area contributed by atoms with Crippen molar-refractivity contribution in [2.45, 2.75) is 6.92 Å². The number of rotatable bonds is 2. The molecule has 0 spiro atoms. The molecule has 0 aliphatic rings. The van der Waals surface area contributed by atoms with Crippen molar-refractivity contribution in [1.29, 1.82) is 0 Å². The number of carbonyl (C=O) groups is 1. The van der Waals surface area contributed by atoms with Gasteiger partial charge in [0.05, 0.1) is 21.8 Å². The molecule has 0 atom stereocenters. The molecule has 0 saturated heterocycles. The van der Waals surface area contributed by atoms with E-state index < -0.39 is 0 Å². The minimum atomic E-state index is -0.324. The first-order valence-electron chi connectivity index (χ1n) is 4.85. The lowest BCUT2D eigenvalue weighted by Crippen LogP contribution is -2.12. The number of thiophene rings is 1. The van der Waals surface area contributed by atoms with Gasteiger partial charge in [-0.3, -0.25) is 4.79 Å². The Morgan fingerprint density at radius 1 is 1.33 bits per heavy atom. The zero-order chi connectivity index (χ0) is 13.3. The number of halogens is 3. The molecule has 94 valence electrons. The normalized spacial score (nSPS) is 10.4. The van der Waals surface area contributed by atoms with Gasteiger partial charge in [-0.05, 0) is 24.6 Å². The SMILES string of the molecule is Cc1cc(Cl)ncc1NC(=O)c1cc(Cl)sc1Cl. The van der Waals surface area contributed by atoms with Crippen molar-refractivity contribution in [2.24, 2.45) is 0 Å². The number of amides is 1. The van der Waals surface area contributed by atoms with Gasteiger partial charge in [-0.2, -0.15) is 0 Å². The van der Waals surface area contributed by atoms with Crippen LogP contribution < -0.4 is 5.32 Å². The van der Waals surface area contributed by atoms with E-state index in [9.17, 15) is 4.79 Å². The number of anilines is 1. The maximum atomic E-state index is 12.0. The molecule has 18 heavy (non-hydrogen) atoms. The summed E-state index contributed by atoms with van der Waals surface area (Å²) < 4.78 is 0.827. The molecule has 2 heterocycles. The lowest BCUT2D eigenvalue weighted by Gasteiger charge is -2.07. The number of nitrogens with one attached hydrogen (secondary N) is 1. The third-order valence-corrected chi connectivity index (χ3v) is 3.92. The molecule has 3 nitrogen and oxygen atoms in total. The molecule has 0 saturated carbocycles. The zero-order valence-corrected chi connectivity index (χ0v) is 12.2. The van der Waals surface area contributed by atoms with Crippen LogP contribution in [0.4, 0.5) is 5.69 Å². The van der Waals surface area contributed by atoms with Gasteiger partial charge in [-0.25, -0.2) is 4.98 Å². The third kappa shape index (κ3) is 2.95. The monoisotopic (exact) mass is 320 g/mol. The highest BCUT2D eigenvalue weighted by molar-refractivity contribution is 7.20. The van der Waals surface area contributed by atoms with Gasteiger partial charge in [0.1, 0.15) is 9.49 Å². The molecule has 2 aromatic rings. The van der Waals surface area contributed by atoms with E-state index in [4.69, 9.17) is 34.8 Å². The Bertz CT molecular complexity index is 612. The molecule has 0 fully saturated rings. The fourth-order valence-electron chi connectivity index (χ4n) is 1.34. The lowest BCUT2D eigenvalue weighted by molar-refractivity contribution is 0.102. The molecule has 7 heteroatoms. The molecule has 2 rings (SSSR count). The fraction of sp³-hybridized carbons (Fsp3) is 0.0909. The highest BCUT2D eigenvalue weighted by atomic mass is 35.5. The molecule has 2 aromatic heterocycles. The number of carbonyl (C=O) groups excluding carboxylic acids is 1. The molecule has 1 N–H and O–H groups in total. The first kappa shape index (κ1) is 13.6. The minimum absolute atomic E-state index is 0.324. The number of hydrogen-bond acceptors (Lipinski definition) is 3. The van der Waals surface area contributed by atoms with Crippen LogP contribution in [0.25, 0.3) is 0 Å². The number of aromatic nitrogens is 1. The van der Waals surface area contributed by atoms with Gasteiger partial charge in [-0.1, -0.05) is 34.8 Å². The second kappa shape index (κ2) is 5.45. The third-order valence-electron chi connectivity index (χ3n) is 2.23. The van der Waals surface area contributed by atoms with Crippen molar-refractivity contribution in [3.63, 3.8) is 0 Å².